The van der Waals surface area contributed by atoms with E-state index >= 15 is 0 Å². The molecular formula is C15H32N2S. The maximum absolute atomic E-state index is 3.65. The number of piperidine rings is 1. The molecule has 0 amide bonds. The van der Waals surface area contributed by atoms with Gasteiger partial charge in [0.2, 0.25) is 0 Å². The van der Waals surface area contributed by atoms with Gasteiger partial charge in [-0.25, -0.2) is 0 Å². The lowest BCUT2D eigenvalue weighted by Gasteiger charge is -2.22. The van der Waals surface area contributed by atoms with Crippen LogP contribution in [0, 0.1) is 5.92 Å². The van der Waals surface area contributed by atoms with Crippen molar-refractivity contribution in [1.82, 2.24) is 10.6 Å². The molecule has 0 aromatic heterocycles. The second-order valence-corrected chi connectivity index (χ2v) is 6.85. The van der Waals surface area contributed by atoms with Crippen molar-refractivity contribution in [3.05, 3.63) is 0 Å². The summed E-state index contributed by atoms with van der Waals surface area (Å²) >= 11 is 2.17. The molecule has 1 rings (SSSR count). The zero-order chi connectivity index (χ0) is 13.1. The second kappa shape index (κ2) is 11.1. The number of rotatable bonds is 10. The van der Waals surface area contributed by atoms with E-state index in [2.05, 4.69) is 36.2 Å². The van der Waals surface area contributed by atoms with Crippen LogP contribution >= 0.6 is 11.8 Å². The summed E-state index contributed by atoms with van der Waals surface area (Å²) in [7, 11) is 0. The van der Waals surface area contributed by atoms with Gasteiger partial charge in [-0.3, -0.25) is 0 Å². The fourth-order valence-corrected chi connectivity index (χ4v) is 3.67. The molecule has 0 aromatic carbocycles. The maximum atomic E-state index is 3.65. The van der Waals surface area contributed by atoms with E-state index < -0.39 is 0 Å². The van der Waals surface area contributed by atoms with Gasteiger partial charge in [-0.2, -0.15) is 11.8 Å². The van der Waals surface area contributed by atoms with Crippen molar-refractivity contribution in [2.45, 2.75) is 57.6 Å². The van der Waals surface area contributed by atoms with E-state index in [1.165, 1.54) is 70.5 Å². The molecule has 1 aliphatic heterocycles. The highest BCUT2D eigenvalue weighted by Crippen LogP contribution is 2.19. The lowest BCUT2D eigenvalue weighted by molar-refractivity contribution is 0.425. The standard InChI is InChI=1S/C15H32N2S/c1-3-5-6-14(4-2)13-17-11-12-18-15-7-9-16-10-8-15/h14-17H,3-13H2,1-2H3. The molecule has 2 N–H and O–H groups in total. The lowest BCUT2D eigenvalue weighted by atomic mass is 9.99. The van der Waals surface area contributed by atoms with Gasteiger partial charge in [0.15, 0.2) is 0 Å². The Labute approximate surface area is 118 Å². The van der Waals surface area contributed by atoms with Crippen LogP contribution in [0.1, 0.15) is 52.4 Å². The maximum Gasteiger partial charge on any atom is 0.00716 e. The van der Waals surface area contributed by atoms with Crippen molar-refractivity contribution in [2.24, 2.45) is 5.92 Å². The molecule has 108 valence electrons. The molecule has 18 heavy (non-hydrogen) atoms. The average Bonchev–Trinajstić information content (AvgIpc) is 2.43. The number of unbranched alkanes of at least 4 members (excludes halogenated alkanes) is 1. The Kier molecular flexibility index (Phi) is 10.1. The molecule has 0 aromatic rings. The average molecular weight is 273 g/mol. The van der Waals surface area contributed by atoms with Gasteiger partial charge in [-0.05, 0) is 44.8 Å². The summed E-state index contributed by atoms with van der Waals surface area (Å²) in [6.07, 6.45) is 8.18. The van der Waals surface area contributed by atoms with Crippen LogP contribution in [0.15, 0.2) is 0 Å². The summed E-state index contributed by atoms with van der Waals surface area (Å²) in [5.41, 5.74) is 0. The van der Waals surface area contributed by atoms with Gasteiger partial charge < -0.3 is 10.6 Å². The van der Waals surface area contributed by atoms with Crippen molar-refractivity contribution in [3.63, 3.8) is 0 Å². The van der Waals surface area contributed by atoms with Gasteiger partial charge in [0, 0.05) is 17.5 Å². The molecule has 1 aliphatic rings. The molecule has 1 atom stereocenters. The zero-order valence-electron chi connectivity index (χ0n) is 12.3. The van der Waals surface area contributed by atoms with Crippen molar-refractivity contribution >= 4 is 11.8 Å². The minimum absolute atomic E-state index is 0.897. The van der Waals surface area contributed by atoms with Gasteiger partial charge in [0.1, 0.15) is 0 Å². The van der Waals surface area contributed by atoms with Crippen molar-refractivity contribution < 1.29 is 0 Å². The van der Waals surface area contributed by atoms with E-state index in [0.29, 0.717) is 0 Å². The molecule has 2 nitrogen and oxygen atoms in total. The first kappa shape index (κ1) is 16.3. The normalized spacial score (nSPS) is 19.0. The first-order chi connectivity index (χ1) is 8.86. The molecule has 1 saturated heterocycles. The molecular weight excluding hydrogens is 240 g/mol. The highest BCUT2D eigenvalue weighted by molar-refractivity contribution is 7.99. The van der Waals surface area contributed by atoms with E-state index in [9.17, 15) is 0 Å². The first-order valence-corrected chi connectivity index (χ1v) is 8.94. The van der Waals surface area contributed by atoms with Crippen molar-refractivity contribution in [1.29, 1.82) is 0 Å². The van der Waals surface area contributed by atoms with E-state index in [1.807, 2.05) is 0 Å². The molecule has 1 fully saturated rings. The topological polar surface area (TPSA) is 24.1 Å². The zero-order valence-corrected chi connectivity index (χ0v) is 13.2. The summed E-state index contributed by atoms with van der Waals surface area (Å²) < 4.78 is 0. The van der Waals surface area contributed by atoms with Crippen molar-refractivity contribution in [3.8, 4) is 0 Å². The molecule has 0 saturated carbocycles. The molecule has 0 spiro atoms. The second-order valence-electron chi connectivity index (χ2n) is 5.44. The molecule has 0 bridgehead atoms. The Hall–Kier alpha value is 0.270. The Balaban J connectivity index is 1.93. The van der Waals surface area contributed by atoms with Gasteiger partial charge in [-0.1, -0.05) is 33.1 Å². The fourth-order valence-electron chi connectivity index (χ4n) is 2.51. The largest absolute Gasteiger partial charge is 0.317 e. The summed E-state index contributed by atoms with van der Waals surface area (Å²) in [6, 6.07) is 0. The smallest absolute Gasteiger partial charge is 0.00716 e. The number of hydrogen-bond donors (Lipinski definition) is 2. The fraction of sp³-hybridized carbons (Fsp3) is 1.00. The molecule has 1 heterocycles. The van der Waals surface area contributed by atoms with Crippen LogP contribution in [0.2, 0.25) is 0 Å². The van der Waals surface area contributed by atoms with Gasteiger partial charge in [0.25, 0.3) is 0 Å². The van der Waals surface area contributed by atoms with Crippen LogP contribution in [0.4, 0.5) is 0 Å². The van der Waals surface area contributed by atoms with Gasteiger partial charge in [-0.15, -0.1) is 0 Å². The highest BCUT2D eigenvalue weighted by atomic mass is 32.2. The summed E-state index contributed by atoms with van der Waals surface area (Å²) in [5.74, 6) is 2.18. The Morgan fingerprint density at radius 1 is 1.28 bits per heavy atom. The van der Waals surface area contributed by atoms with E-state index in [4.69, 9.17) is 0 Å². The summed E-state index contributed by atoms with van der Waals surface area (Å²) in [6.45, 7) is 9.47. The van der Waals surface area contributed by atoms with E-state index in [0.717, 1.165) is 11.2 Å². The van der Waals surface area contributed by atoms with Gasteiger partial charge >= 0.3 is 0 Å². The minimum Gasteiger partial charge on any atom is -0.317 e. The molecule has 1 unspecified atom stereocenters. The SMILES string of the molecule is CCCCC(CC)CNCCSC1CCNCC1. The van der Waals surface area contributed by atoms with Crippen LogP contribution in [0.25, 0.3) is 0 Å². The Morgan fingerprint density at radius 3 is 2.72 bits per heavy atom. The van der Waals surface area contributed by atoms with Crippen LogP contribution < -0.4 is 10.6 Å². The van der Waals surface area contributed by atoms with Crippen LogP contribution in [0.5, 0.6) is 0 Å². The molecule has 0 radical (unpaired) electrons. The third-order valence-corrected chi connectivity index (χ3v) is 5.28. The van der Waals surface area contributed by atoms with Crippen LogP contribution in [-0.2, 0) is 0 Å². The van der Waals surface area contributed by atoms with Crippen molar-refractivity contribution in [2.75, 3.05) is 31.9 Å². The number of nitrogens with one attached hydrogen (secondary N) is 2. The predicted octanol–water partition coefficient (Wildman–Crippen LogP) is 3.28. The molecule has 0 aliphatic carbocycles. The van der Waals surface area contributed by atoms with E-state index in [1.54, 1.807) is 0 Å². The Bertz CT molecular complexity index is 181. The minimum atomic E-state index is 0.897. The highest BCUT2D eigenvalue weighted by Gasteiger charge is 2.12. The van der Waals surface area contributed by atoms with Crippen LogP contribution in [-0.4, -0.2) is 37.2 Å². The Morgan fingerprint density at radius 2 is 2.06 bits per heavy atom. The van der Waals surface area contributed by atoms with Gasteiger partial charge in [0.05, 0.1) is 0 Å². The van der Waals surface area contributed by atoms with E-state index in [-0.39, 0.29) is 0 Å². The third kappa shape index (κ3) is 7.65. The molecule has 3 heteroatoms. The first-order valence-electron chi connectivity index (χ1n) is 7.89. The quantitative estimate of drug-likeness (QED) is 0.597. The summed E-state index contributed by atoms with van der Waals surface area (Å²) in [5, 5.41) is 7.99. The lowest BCUT2D eigenvalue weighted by Crippen LogP contribution is -2.30. The third-order valence-electron chi connectivity index (χ3n) is 3.89. The monoisotopic (exact) mass is 272 g/mol. The van der Waals surface area contributed by atoms with Crippen LogP contribution in [0.3, 0.4) is 0 Å². The number of thioether (sulfide) groups is 1. The number of hydrogen-bond acceptors (Lipinski definition) is 3. The predicted molar refractivity (Wildman–Crippen MR) is 84.5 cm³/mol. The summed E-state index contributed by atoms with van der Waals surface area (Å²) in [4.78, 5) is 0.